The molecule has 0 radical (unpaired) electrons. The monoisotopic (exact) mass is 426 g/mol. The first-order chi connectivity index (χ1) is 15.2. The number of aromatic nitrogens is 2. The third-order valence-electron chi connectivity index (χ3n) is 5.95. The van der Waals surface area contributed by atoms with Crippen LogP contribution in [0.25, 0.3) is 34.0 Å². The summed E-state index contributed by atoms with van der Waals surface area (Å²) >= 11 is 0. The van der Waals surface area contributed by atoms with Crippen molar-refractivity contribution >= 4 is 12.9 Å². The van der Waals surface area contributed by atoms with Gasteiger partial charge in [-0.1, -0.05) is 54.6 Å². The van der Waals surface area contributed by atoms with Gasteiger partial charge in [-0.3, -0.25) is 0 Å². The van der Waals surface area contributed by atoms with Gasteiger partial charge in [0.2, 0.25) is 11.8 Å². The predicted molar refractivity (Wildman–Crippen MR) is 129 cm³/mol. The molecule has 0 bridgehead atoms. The molecule has 0 aliphatic heterocycles. The lowest BCUT2D eigenvalue weighted by Gasteiger charge is -2.37. The third kappa shape index (κ3) is 4.67. The molecule has 0 saturated heterocycles. The van der Waals surface area contributed by atoms with Crippen LogP contribution in [0.3, 0.4) is 0 Å². The molecule has 0 unspecified atom stereocenters. The minimum absolute atomic E-state index is 0.385. The maximum absolute atomic E-state index is 10.4. The third-order valence-corrected chi connectivity index (χ3v) is 5.95. The molecule has 3 aromatic carbocycles. The Morgan fingerprint density at radius 1 is 0.750 bits per heavy atom. The van der Waals surface area contributed by atoms with Gasteiger partial charge in [0.25, 0.3) is 0 Å². The SMILES string of the molecule is CC(C)(O)C(C)(C)OBc1ccccc1-c1cccc(-c2nnc(-c3ccccc3)o2)c1. The standard InChI is InChI=1S/C26H27BN2O3/c1-25(2,30)26(3,4)32-27-22-16-9-8-15-21(22)19-13-10-14-20(17-19)24-29-28-23(31-24)18-11-6-5-7-12-18/h5-17,27,30H,1-4H3. The van der Waals surface area contributed by atoms with Crippen LogP contribution in [0.1, 0.15) is 27.7 Å². The van der Waals surface area contributed by atoms with Crippen molar-refractivity contribution in [3.8, 4) is 34.0 Å². The summed E-state index contributed by atoms with van der Waals surface area (Å²) in [4.78, 5) is 0. The van der Waals surface area contributed by atoms with Crippen LogP contribution >= 0.6 is 0 Å². The minimum atomic E-state index is -0.962. The molecule has 5 nitrogen and oxygen atoms in total. The molecule has 0 aliphatic rings. The molecule has 4 rings (SSSR count). The lowest BCUT2D eigenvalue weighted by Crippen LogP contribution is -2.49. The number of aliphatic hydroxyl groups is 1. The molecule has 0 fully saturated rings. The fourth-order valence-electron chi connectivity index (χ4n) is 3.22. The van der Waals surface area contributed by atoms with E-state index in [0.717, 1.165) is 27.7 Å². The molecular formula is C26H27BN2O3. The highest BCUT2D eigenvalue weighted by atomic mass is 16.5. The second kappa shape index (κ2) is 8.73. The molecule has 1 aromatic heterocycles. The summed E-state index contributed by atoms with van der Waals surface area (Å²) < 4.78 is 12.1. The van der Waals surface area contributed by atoms with Gasteiger partial charge >= 0.3 is 7.48 Å². The normalized spacial score (nSPS) is 12.0. The van der Waals surface area contributed by atoms with E-state index in [2.05, 4.69) is 22.3 Å². The van der Waals surface area contributed by atoms with Gasteiger partial charge in [0.1, 0.15) is 0 Å². The molecule has 1 N–H and O–H groups in total. The fourth-order valence-corrected chi connectivity index (χ4v) is 3.22. The molecule has 32 heavy (non-hydrogen) atoms. The summed E-state index contributed by atoms with van der Waals surface area (Å²) in [6, 6.07) is 25.9. The number of rotatable bonds is 7. The van der Waals surface area contributed by atoms with Gasteiger partial charge in [0, 0.05) is 11.1 Å². The Labute approximate surface area is 189 Å². The summed E-state index contributed by atoms with van der Waals surface area (Å²) in [6.07, 6.45) is 0. The summed E-state index contributed by atoms with van der Waals surface area (Å²) in [5.41, 5.74) is 3.21. The minimum Gasteiger partial charge on any atom is -0.427 e. The van der Waals surface area contributed by atoms with Crippen molar-refractivity contribution in [2.24, 2.45) is 0 Å². The molecule has 0 aliphatic carbocycles. The van der Waals surface area contributed by atoms with Gasteiger partial charge in [-0.15, -0.1) is 10.2 Å². The van der Waals surface area contributed by atoms with E-state index < -0.39 is 11.2 Å². The molecule has 0 spiro atoms. The summed E-state index contributed by atoms with van der Waals surface area (Å²) in [5, 5.41) is 18.9. The zero-order chi connectivity index (χ0) is 22.8. The second-order valence-electron chi connectivity index (χ2n) is 8.87. The van der Waals surface area contributed by atoms with Crippen molar-refractivity contribution in [3.63, 3.8) is 0 Å². The first-order valence-electron chi connectivity index (χ1n) is 10.7. The van der Waals surface area contributed by atoms with Crippen molar-refractivity contribution in [3.05, 3.63) is 78.9 Å². The largest absolute Gasteiger partial charge is 0.427 e. The van der Waals surface area contributed by atoms with Crippen LogP contribution in [0.5, 0.6) is 0 Å². The van der Waals surface area contributed by atoms with Crippen LogP contribution in [0, 0.1) is 0 Å². The summed E-state index contributed by atoms with van der Waals surface area (Å²) in [7, 11) is 0.385. The highest BCUT2D eigenvalue weighted by molar-refractivity contribution is 6.49. The first kappa shape index (κ1) is 22.0. The van der Waals surface area contributed by atoms with Gasteiger partial charge in [0.05, 0.1) is 11.2 Å². The Morgan fingerprint density at radius 2 is 1.34 bits per heavy atom. The van der Waals surface area contributed by atoms with E-state index in [4.69, 9.17) is 9.07 Å². The van der Waals surface area contributed by atoms with Crippen LogP contribution in [-0.4, -0.2) is 34.0 Å². The number of hydrogen-bond donors (Lipinski definition) is 1. The Morgan fingerprint density at radius 3 is 2.06 bits per heavy atom. The van der Waals surface area contributed by atoms with Crippen LogP contribution < -0.4 is 5.46 Å². The van der Waals surface area contributed by atoms with Gasteiger partial charge in [-0.05, 0) is 68.6 Å². The summed E-state index contributed by atoms with van der Waals surface area (Å²) in [5.74, 6) is 0.969. The van der Waals surface area contributed by atoms with E-state index in [1.807, 2.05) is 80.6 Å². The zero-order valence-corrected chi connectivity index (χ0v) is 18.9. The van der Waals surface area contributed by atoms with Crippen LogP contribution in [0.15, 0.2) is 83.3 Å². The van der Waals surface area contributed by atoms with E-state index >= 15 is 0 Å². The molecule has 0 atom stereocenters. The number of benzene rings is 3. The molecule has 1 heterocycles. The molecule has 4 aromatic rings. The van der Waals surface area contributed by atoms with Crippen LogP contribution in [0.2, 0.25) is 0 Å². The van der Waals surface area contributed by atoms with Crippen molar-refractivity contribution in [1.29, 1.82) is 0 Å². The van der Waals surface area contributed by atoms with E-state index in [1.165, 1.54) is 0 Å². The Bertz CT molecular complexity index is 1200. The molecule has 6 heteroatoms. The van der Waals surface area contributed by atoms with E-state index in [0.29, 0.717) is 19.3 Å². The second-order valence-corrected chi connectivity index (χ2v) is 8.87. The van der Waals surface area contributed by atoms with Crippen molar-refractivity contribution in [2.75, 3.05) is 0 Å². The quantitative estimate of drug-likeness (QED) is 0.437. The lowest BCUT2D eigenvalue weighted by molar-refractivity contribution is -0.0893. The van der Waals surface area contributed by atoms with Gasteiger partial charge in [-0.25, -0.2) is 0 Å². The average Bonchev–Trinajstić information content (AvgIpc) is 3.28. The highest BCUT2D eigenvalue weighted by Gasteiger charge is 2.35. The van der Waals surface area contributed by atoms with E-state index in [-0.39, 0.29) is 0 Å². The van der Waals surface area contributed by atoms with Crippen molar-refractivity contribution < 1.29 is 14.2 Å². The maximum atomic E-state index is 10.4. The van der Waals surface area contributed by atoms with Gasteiger partial charge < -0.3 is 14.2 Å². The number of nitrogens with zero attached hydrogens (tertiary/aromatic N) is 2. The summed E-state index contributed by atoms with van der Waals surface area (Å²) in [6.45, 7) is 7.32. The smallest absolute Gasteiger partial charge is 0.310 e. The zero-order valence-electron chi connectivity index (χ0n) is 18.9. The number of hydrogen-bond acceptors (Lipinski definition) is 5. The highest BCUT2D eigenvalue weighted by Crippen LogP contribution is 2.28. The fraction of sp³-hybridized carbons (Fsp3) is 0.231. The van der Waals surface area contributed by atoms with E-state index in [1.54, 1.807) is 13.8 Å². The maximum Gasteiger partial charge on any atom is 0.310 e. The van der Waals surface area contributed by atoms with Crippen LogP contribution in [-0.2, 0) is 4.65 Å². The van der Waals surface area contributed by atoms with Crippen LogP contribution in [0.4, 0.5) is 0 Å². The lowest BCUT2D eigenvalue weighted by atomic mass is 9.78. The van der Waals surface area contributed by atoms with Crippen molar-refractivity contribution in [1.82, 2.24) is 10.2 Å². The van der Waals surface area contributed by atoms with Gasteiger partial charge in [-0.2, -0.15) is 0 Å². The predicted octanol–water partition coefficient (Wildman–Crippen LogP) is 4.61. The van der Waals surface area contributed by atoms with Crippen molar-refractivity contribution in [2.45, 2.75) is 38.9 Å². The average molecular weight is 426 g/mol. The Kier molecular flexibility index (Phi) is 6.00. The Balaban J connectivity index is 1.62. The Hall–Kier alpha value is -3.22. The molecule has 0 saturated carbocycles. The molecular weight excluding hydrogens is 399 g/mol. The first-order valence-corrected chi connectivity index (χ1v) is 10.7. The van der Waals surface area contributed by atoms with E-state index in [9.17, 15) is 5.11 Å². The molecule has 162 valence electrons. The molecule has 0 amide bonds. The van der Waals surface area contributed by atoms with Gasteiger partial charge in [0.15, 0.2) is 0 Å². The topological polar surface area (TPSA) is 68.4 Å².